The van der Waals surface area contributed by atoms with E-state index in [4.69, 9.17) is 16.3 Å². The number of fused-ring (bicyclic) bond motifs is 1. The predicted molar refractivity (Wildman–Crippen MR) is 99.3 cm³/mol. The van der Waals surface area contributed by atoms with Crippen molar-refractivity contribution in [2.24, 2.45) is 0 Å². The minimum atomic E-state index is -0.175. The lowest BCUT2D eigenvalue weighted by Gasteiger charge is -2.26. The third kappa shape index (κ3) is 3.38. The maximum absolute atomic E-state index is 12.6. The van der Waals surface area contributed by atoms with Crippen LogP contribution in [0.15, 0.2) is 53.9 Å². The molecule has 2 heterocycles. The summed E-state index contributed by atoms with van der Waals surface area (Å²) < 4.78 is 5.64. The Balaban J connectivity index is 1.53. The van der Waals surface area contributed by atoms with Crippen LogP contribution in [0.2, 0.25) is 5.02 Å². The molecule has 1 atom stereocenters. The largest absolute Gasteiger partial charge is 0.493 e. The van der Waals surface area contributed by atoms with Crippen LogP contribution in [0.5, 0.6) is 5.75 Å². The van der Waals surface area contributed by atoms with Crippen molar-refractivity contribution >= 4 is 28.8 Å². The molecular formula is C19H15ClN2O2S. The molecule has 1 aliphatic rings. The zero-order valence-corrected chi connectivity index (χ0v) is 14.8. The topological polar surface area (TPSA) is 51.2 Å². The number of para-hydroxylation sites is 1. The van der Waals surface area contributed by atoms with Gasteiger partial charge >= 0.3 is 0 Å². The van der Waals surface area contributed by atoms with E-state index in [0.717, 1.165) is 28.3 Å². The number of amides is 1. The second-order valence-corrected chi connectivity index (χ2v) is 7.04. The van der Waals surface area contributed by atoms with Gasteiger partial charge in [-0.2, -0.15) is 0 Å². The van der Waals surface area contributed by atoms with Gasteiger partial charge in [0.25, 0.3) is 5.91 Å². The van der Waals surface area contributed by atoms with Crippen molar-refractivity contribution in [3.63, 3.8) is 0 Å². The van der Waals surface area contributed by atoms with E-state index in [1.165, 1.54) is 11.3 Å². The molecule has 126 valence electrons. The SMILES string of the molecule is O=C(NC1CCOc2ccccc21)c1csc(-c2cccc(Cl)c2)n1. The fourth-order valence-corrected chi connectivity index (χ4v) is 3.84. The van der Waals surface area contributed by atoms with Crippen molar-refractivity contribution in [1.29, 1.82) is 0 Å². The Morgan fingerprint density at radius 3 is 3.00 bits per heavy atom. The van der Waals surface area contributed by atoms with E-state index in [2.05, 4.69) is 10.3 Å². The molecule has 2 aromatic carbocycles. The summed E-state index contributed by atoms with van der Waals surface area (Å²) in [5.74, 6) is 0.656. The van der Waals surface area contributed by atoms with Crippen molar-refractivity contribution in [1.82, 2.24) is 10.3 Å². The summed E-state index contributed by atoms with van der Waals surface area (Å²) in [6.07, 6.45) is 0.744. The molecule has 4 nitrogen and oxygen atoms in total. The number of nitrogens with zero attached hydrogens (tertiary/aromatic N) is 1. The van der Waals surface area contributed by atoms with E-state index in [1.54, 1.807) is 5.38 Å². The molecule has 4 rings (SSSR count). The second-order valence-electron chi connectivity index (χ2n) is 5.75. The first-order chi connectivity index (χ1) is 12.2. The molecule has 1 unspecified atom stereocenters. The van der Waals surface area contributed by atoms with Crippen LogP contribution in [0, 0.1) is 0 Å². The van der Waals surface area contributed by atoms with Gasteiger partial charge in [0.15, 0.2) is 0 Å². The number of ether oxygens (including phenoxy) is 1. The molecule has 1 aromatic heterocycles. The van der Waals surface area contributed by atoms with E-state index >= 15 is 0 Å². The number of rotatable bonds is 3. The highest BCUT2D eigenvalue weighted by atomic mass is 35.5. The van der Waals surface area contributed by atoms with Crippen LogP contribution in [0.25, 0.3) is 10.6 Å². The molecule has 0 spiro atoms. The van der Waals surface area contributed by atoms with Crippen molar-refractivity contribution < 1.29 is 9.53 Å². The van der Waals surface area contributed by atoms with Gasteiger partial charge in [-0.15, -0.1) is 11.3 Å². The summed E-state index contributed by atoms with van der Waals surface area (Å²) >= 11 is 7.46. The normalized spacial score (nSPS) is 16.0. The molecule has 3 aromatic rings. The Labute approximate surface area is 154 Å². The van der Waals surface area contributed by atoms with Crippen molar-refractivity contribution in [2.75, 3.05) is 6.61 Å². The number of benzene rings is 2. The average molecular weight is 371 g/mol. The number of carbonyl (C=O) groups excluding carboxylic acids is 1. The fourth-order valence-electron chi connectivity index (χ4n) is 2.86. The van der Waals surface area contributed by atoms with E-state index in [0.29, 0.717) is 17.3 Å². The lowest BCUT2D eigenvalue weighted by molar-refractivity contribution is 0.0920. The highest BCUT2D eigenvalue weighted by molar-refractivity contribution is 7.13. The molecule has 25 heavy (non-hydrogen) atoms. The summed E-state index contributed by atoms with van der Waals surface area (Å²) in [4.78, 5) is 17.1. The molecule has 1 N–H and O–H groups in total. The monoisotopic (exact) mass is 370 g/mol. The molecule has 0 fully saturated rings. The van der Waals surface area contributed by atoms with E-state index in [9.17, 15) is 4.79 Å². The van der Waals surface area contributed by atoms with E-state index in [1.807, 2.05) is 48.5 Å². The van der Waals surface area contributed by atoms with Gasteiger partial charge in [-0.25, -0.2) is 4.98 Å². The van der Waals surface area contributed by atoms with Crippen molar-refractivity contribution in [3.8, 4) is 16.3 Å². The molecule has 0 radical (unpaired) electrons. The third-order valence-electron chi connectivity index (χ3n) is 4.07. The number of nitrogens with one attached hydrogen (secondary N) is 1. The highest BCUT2D eigenvalue weighted by Crippen LogP contribution is 2.32. The fraction of sp³-hybridized carbons (Fsp3) is 0.158. The third-order valence-corrected chi connectivity index (χ3v) is 5.20. The molecule has 0 aliphatic carbocycles. The second kappa shape index (κ2) is 6.86. The zero-order valence-electron chi connectivity index (χ0n) is 13.2. The Kier molecular flexibility index (Phi) is 4.42. The molecule has 0 saturated heterocycles. The van der Waals surface area contributed by atoms with Gasteiger partial charge in [-0.3, -0.25) is 4.79 Å². The van der Waals surface area contributed by atoms with Gasteiger partial charge in [-0.05, 0) is 18.2 Å². The summed E-state index contributed by atoms with van der Waals surface area (Å²) in [6.45, 7) is 0.590. The zero-order chi connectivity index (χ0) is 17.2. The maximum Gasteiger partial charge on any atom is 0.271 e. The summed E-state index contributed by atoms with van der Waals surface area (Å²) in [5.41, 5.74) is 2.34. The number of hydrogen-bond donors (Lipinski definition) is 1. The number of thiazole rings is 1. The number of hydrogen-bond acceptors (Lipinski definition) is 4. The summed E-state index contributed by atoms with van der Waals surface area (Å²) in [7, 11) is 0. The summed E-state index contributed by atoms with van der Waals surface area (Å²) in [5, 5.41) is 6.27. The van der Waals surface area contributed by atoms with E-state index in [-0.39, 0.29) is 11.9 Å². The van der Waals surface area contributed by atoms with Gasteiger partial charge in [0, 0.05) is 28.0 Å². The quantitative estimate of drug-likeness (QED) is 0.725. The van der Waals surface area contributed by atoms with E-state index < -0.39 is 0 Å². The van der Waals surface area contributed by atoms with Crippen LogP contribution in [0.4, 0.5) is 0 Å². The standard InChI is InChI=1S/C19H15ClN2O2S/c20-13-5-3-4-12(10-13)19-22-16(11-25-19)18(23)21-15-8-9-24-17-7-2-1-6-14(15)17/h1-7,10-11,15H,8-9H2,(H,21,23). The van der Waals surface area contributed by atoms with Gasteiger partial charge in [0.2, 0.25) is 0 Å². The van der Waals surface area contributed by atoms with Crippen LogP contribution in [0.3, 0.4) is 0 Å². The molecule has 6 heteroatoms. The first-order valence-electron chi connectivity index (χ1n) is 7.95. The number of aromatic nitrogens is 1. The smallest absolute Gasteiger partial charge is 0.271 e. The highest BCUT2D eigenvalue weighted by Gasteiger charge is 2.24. The van der Waals surface area contributed by atoms with Gasteiger partial charge < -0.3 is 10.1 Å². The first kappa shape index (κ1) is 16.1. The van der Waals surface area contributed by atoms with Crippen LogP contribution in [0.1, 0.15) is 28.5 Å². The number of carbonyl (C=O) groups is 1. The first-order valence-corrected chi connectivity index (χ1v) is 9.20. The van der Waals surface area contributed by atoms with Crippen LogP contribution >= 0.6 is 22.9 Å². The number of halogens is 1. The van der Waals surface area contributed by atoms with Crippen molar-refractivity contribution in [3.05, 3.63) is 70.2 Å². The van der Waals surface area contributed by atoms with Crippen LogP contribution in [-0.4, -0.2) is 17.5 Å². The van der Waals surface area contributed by atoms with Gasteiger partial charge in [0.05, 0.1) is 12.6 Å². The molecule has 0 bridgehead atoms. The van der Waals surface area contributed by atoms with Crippen LogP contribution in [-0.2, 0) is 0 Å². The molecular weight excluding hydrogens is 356 g/mol. The van der Waals surface area contributed by atoms with Gasteiger partial charge in [0.1, 0.15) is 16.5 Å². The predicted octanol–water partition coefficient (Wildman–Crippen LogP) is 4.72. The Bertz CT molecular complexity index is 925. The van der Waals surface area contributed by atoms with Gasteiger partial charge in [-0.1, -0.05) is 41.9 Å². The molecule has 0 saturated carbocycles. The Morgan fingerprint density at radius 2 is 2.12 bits per heavy atom. The van der Waals surface area contributed by atoms with Crippen LogP contribution < -0.4 is 10.1 Å². The van der Waals surface area contributed by atoms with Crippen molar-refractivity contribution in [2.45, 2.75) is 12.5 Å². The Morgan fingerprint density at radius 1 is 1.24 bits per heavy atom. The minimum absolute atomic E-state index is 0.0613. The molecule has 1 amide bonds. The Hall–Kier alpha value is -2.37. The minimum Gasteiger partial charge on any atom is -0.493 e. The summed E-state index contributed by atoms with van der Waals surface area (Å²) in [6, 6.07) is 15.2. The lowest BCUT2D eigenvalue weighted by atomic mass is 10.0. The average Bonchev–Trinajstić information content (AvgIpc) is 3.12. The maximum atomic E-state index is 12.6. The molecule has 1 aliphatic heterocycles. The lowest BCUT2D eigenvalue weighted by Crippen LogP contribution is -2.32.